The Bertz CT molecular complexity index is 433. The van der Waals surface area contributed by atoms with Gasteiger partial charge in [-0.05, 0) is 13.0 Å². The van der Waals surface area contributed by atoms with Crippen molar-refractivity contribution in [3.63, 3.8) is 0 Å². The molecule has 13 heavy (non-hydrogen) atoms. The molecular weight excluding hydrogens is 192 g/mol. The number of carbonyl (C=O) groups excluding carboxylic acids is 1. The highest BCUT2D eigenvalue weighted by molar-refractivity contribution is 7.85. The standard InChI is InChI=1S/C8H8O4S/c1-6(9)7-4-2-3-5-8(7)13(10,11)12/h2-5H,1H3,(H,10,11,12)/p-1. The van der Waals surface area contributed by atoms with Gasteiger partial charge in [0.25, 0.3) is 0 Å². The Morgan fingerprint density at radius 3 is 2.23 bits per heavy atom. The largest absolute Gasteiger partial charge is 0.744 e. The van der Waals surface area contributed by atoms with Gasteiger partial charge >= 0.3 is 0 Å². The van der Waals surface area contributed by atoms with E-state index in [1.54, 1.807) is 0 Å². The van der Waals surface area contributed by atoms with Crippen molar-refractivity contribution in [2.75, 3.05) is 0 Å². The molecule has 0 aliphatic heterocycles. The monoisotopic (exact) mass is 199 g/mol. The van der Waals surface area contributed by atoms with Crippen molar-refractivity contribution in [2.45, 2.75) is 11.8 Å². The lowest BCUT2D eigenvalue weighted by atomic mass is 10.1. The quantitative estimate of drug-likeness (QED) is 0.521. The Hall–Kier alpha value is -1.20. The minimum atomic E-state index is -4.55. The second-order valence-electron chi connectivity index (χ2n) is 2.51. The Morgan fingerprint density at radius 2 is 1.85 bits per heavy atom. The summed E-state index contributed by atoms with van der Waals surface area (Å²) in [6.07, 6.45) is 0. The third-order valence-corrected chi connectivity index (χ3v) is 2.43. The van der Waals surface area contributed by atoms with Crippen LogP contribution in [0.3, 0.4) is 0 Å². The summed E-state index contributed by atoms with van der Waals surface area (Å²) in [5.74, 6) is -0.435. The van der Waals surface area contributed by atoms with E-state index in [-0.39, 0.29) is 5.56 Å². The number of ketones is 1. The molecule has 0 aromatic heterocycles. The van der Waals surface area contributed by atoms with Crippen molar-refractivity contribution in [2.24, 2.45) is 0 Å². The fourth-order valence-corrected chi connectivity index (χ4v) is 1.70. The molecule has 0 saturated heterocycles. The number of hydrogen-bond acceptors (Lipinski definition) is 4. The van der Waals surface area contributed by atoms with Gasteiger partial charge in [-0.1, -0.05) is 18.2 Å². The van der Waals surface area contributed by atoms with E-state index in [0.717, 1.165) is 6.07 Å². The van der Waals surface area contributed by atoms with Crippen molar-refractivity contribution >= 4 is 15.9 Å². The first-order chi connectivity index (χ1) is 5.93. The van der Waals surface area contributed by atoms with Crippen LogP contribution in [0.5, 0.6) is 0 Å². The lowest BCUT2D eigenvalue weighted by Gasteiger charge is -2.09. The predicted octanol–water partition coefficient (Wildman–Crippen LogP) is 0.793. The van der Waals surface area contributed by atoms with Gasteiger partial charge < -0.3 is 4.55 Å². The maximum atomic E-state index is 10.9. The third kappa shape index (κ3) is 2.13. The van der Waals surface area contributed by atoms with Crippen LogP contribution < -0.4 is 0 Å². The molecule has 0 heterocycles. The minimum Gasteiger partial charge on any atom is -0.744 e. The number of hydrogen-bond donors (Lipinski definition) is 0. The molecule has 0 aliphatic carbocycles. The van der Waals surface area contributed by atoms with Gasteiger partial charge in [0.15, 0.2) is 5.78 Å². The van der Waals surface area contributed by atoms with Crippen LogP contribution in [0.4, 0.5) is 0 Å². The van der Waals surface area contributed by atoms with Crippen LogP contribution >= 0.6 is 0 Å². The predicted molar refractivity (Wildman–Crippen MR) is 44.4 cm³/mol. The maximum Gasteiger partial charge on any atom is 0.161 e. The molecule has 0 atom stereocenters. The van der Waals surface area contributed by atoms with Gasteiger partial charge in [-0.2, -0.15) is 0 Å². The molecule has 0 fully saturated rings. The SMILES string of the molecule is CC(=O)c1ccccc1S(=O)(=O)[O-]. The summed E-state index contributed by atoms with van der Waals surface area (Å²) in [5.41, 5.74) is -0.0579. The first-order valence-corrected chi connectivity index (χ1v) is 4.89. The zero-order valence-electron chi connectivity index (χ0n) is 6.85. The highest BCUT2D eigenvalue weighted by Gasteiger charge is 2.10. The molecule has 70 valence electrons. The maximum absolute atomic E-state index is 10.9. The van der Waals surface area contributed by atoms with E-state index < -0.39 is 20.8 Å². The lowest BCUT2D eigenvalue weighted by molar-refractivity contribution is 0.101. The summed E-state index contributed by atoms with van der Waals surface area (Å²) >= 11 is 0. The second kappa shape index (κ2) is 3.27. The molecule has 1 rings (SSSR count). The highest BCUT2D eigenvalue weighted by Crippen LogP contribution is 2.14. The smallest absolute Gasteiger partial charge is 0.161 e. The lowest BCUT2D eigenvalue weighted by Crippen LogP contribution is -2.06. The second-order valence-corrected chi connectivity index (χ2v) is 3.85. The van der Waals surface area contributed by atoms with Crippen LogP contribution in [0.25, 0.3) is 0 Å². The van der Waals surface area contributed by atoms with E-state index in [1.807, 2.05) is 0 Å². The van der Waals surface area contributed by atoms with Crippen molar-refractivity contribution in [3.05, 3.63) is 29.8 Å². The fourth-order valence-electron chi connectivity index (χ4n) is 0.975. The number of carbonyl (C=O) groups is 1. The average Bonchev–Trinajstić information content (AvgIpc) is 2.03. The van der Waals surface area contributed by atoms with E-state index in [4.69, 9.17) is 0 Å². The molecule has 0 radical (unpaired) electrons. The summed E-state index contributed by atoms with van der Waals surface area (Å²) in [6, 6.07) is 5.34. The Kier molecular flexibility index (Phi) is 2.49. The van der Waals surface area contributed by atoms with Gasteiger partial charge in [-0.25, -0.2) is 8.42 Å². The molecule has 0 bridgehead atoms. The Balaban J connectivity index is 3.46. The summed E-state index contributed by atoms with van der Waals surface area (Å²) in [6.45, 7) is 1.21. The highest BCUT2D eigenvalue weighted by atomic mass is 32.2. The van der Waals surface area contributed by atoms with Crippen molar-refractivity contribution in [1.82, 2.24) is 0 Å². The van der Waals surface area contributed by atoms with Crippen LogP contribution in [0, 0.1) is 0 Å². The number of Topliss-reactive ketones (excluding diaryl/α,β-unsaturated/α-hetero) is 1. The van der Waals surface area contributed by atoms with Gasteiger partial charge in [0.2, 0.25) is 0 Å². The molecular formula is C8H7O4S-. The van der Waals surface area contributed by atoms with Crippen LogP contribution in [0.2, 0.25) is 0 Å². The first-order valence-electron chi connectivity index (χ1n) is 3.49. The Morgan fingerprint density at radius 1 is 1.31 bits per heavy atom. The average molecular weight is 199 g/mol. The van der Waals surface area contributed by atoms with Crippen molar-refractivity contribution < 1.29 is 17.8 Å². The zero-order chi connectivity index (χ0) is 10.1. The van der Waals surface area contributed by atoms with E-state index >= 15 is 0 Å². The van der Waals surface area contributed by atoms with E-state index in [9.17, 15) is 17.8 Å². The number of benzene rings is 1. The molecule has 0 aliphatic rings. The fraction of sp³-hybridized carbons (Fsp3) is 0.125. The normalized spacial score (nSPS) is 11.2. The first kappa shape index (κ1) is 9.88. The summed E-state index contributed by atoms with van der Waals surface area (Å²) < 4.78 is 32.0. The van der Waals surface area contributed by atoms with Gasteiger partial charge in [0, 0.05) is 5.56 Å². The van der Waals surface area contributed by atoms with Crippen LogP contribution in [-0.4, -0.2) is 18.8 Å². The van der Waals surface area contributed by atoms with Crippen molar-refractivity contribution in [1.29, 1.82) is 0 Å². The van der Waals surface area contributed by atoms with E-state index in [2.05, 4.69) is 0 Å². The van der Waals surface area contributed by atoms with Gasteiger partial charge in [-0.15, -0.1) is 0 Å². The molecule has 5 heteroatoms. The molecule has 0 spiro atoms. The Labute approximate surface area is 76.0 Å². The molecule has 1 aromatic carbocycles. The van der Waals surface area contributed by atoms with Crippen LogP contribution in [-0.2, 0) is 10.1 Å². The summed E-state index contributed by atoms with van der Waals surface area (Å²) in [4.78, 5) is 10.5. The zero-order valence-corrected chi connectivity index (χ0v) is 7.67. The minimum absolute atomic E-state index is 0.0579. The van der Waals surface area contributed by atoms with Gasteiger partial charge in [-0.3, -0.25) is 4.79 Å². The summed E-state index contributed by atoms with van der Waals surface area (Å²) in [5, 5.41) is 0. The van der Waals surface area contributed by atoms with Crippen LogP contribution in [0.1, 0.15) is 17.3 Å². The topological polar surface area (TPSA) is 74.3 Å². The van der Waals surface area contributed by atoms with Crippen LogP contribution in [0.15, 0.2) is 29.2 Å². The van der Waals surface area contributed by atoms with E-state index in [1.165, 1.54) is 25.1 Å². The molecule has 0 N–H and O–H groups in total. The molecule has 1 aromatic rings. The van der Waals surface area contributed by atoms with E-state index in [0.29, 0.717) is 0 Å². The molecule has 0 unspecified atom stereocenters. The van der Waals surface area contributed by atoms with Gasteiger partial charge in [0.05, 0.1) is 4.90 Å². The third-order valence-electron chi connectivity index (χ3n) is 1.54. The van der Waals surface area contributed by atoms with Gasteiger partial charge in [0.1, 0.15) is 10.1 Å². The molecule has 0 saturated carbocycles. The number of rotatable bonds is 2. The molecule has 4 nitrogen and oxygen atoms in total. The van der Waals surface area contributed by atoms with Crippen molar-refractivity contribution in [3.8, 4) is 0 Å². The summed E-state index contributed by atoms with van der Waals surface area (Å²) in [7, 11) is -4.55. The molecule has 0 amide bonds.